The summed E-state index contributed by atoms with van der Waals surface area (Å²) in [5, 5.41) is 0.465. The number of alkyl halides is 3. The summed E-state index contributed by atoms with van der Waals surface area (Å²) in [5.41, 5.74) is 0. The predicted octanol–water partition coefficient (Wildman–Crippen LogP) is 3.44. The Morgan fingerprint density at radius 2 is 2.15 bits per heavy atom. The van der Waals surface area contributed by atoms with Crippen LogP contribution >= 0.6 is 23.2 Å². The van der Waals surface area contributed by atoms with Crippen LogP contribution in [0.1, 0.15) is 6.92 Å². The van der Waals surface area contributed by atoms with Crippen LogP contribution in [-0.2, 0) is 4.79 Å². The summed E-state index contributed by atoms with van der Waals surface area (Å²) in [7, 11) is 0. The number of benzene rings is 1. The Bertz CT molecular complexity index is 446. The van der Waals surface area contributed by atoms with E-state index in [4.69, 9.17) is 27.9 Å². The molecule has 3 nitrogen and oxygen atoms in total. The Hall–Kier alpha value is -1.07. The van der Waals surface area contributed by atoms with Crippen molar-refractivity contribution in [1.82, 2.24) is 4.90 Å². The third-order valence-corrected chi connectivity index (χ3v) is 2.89. The van der Waals surface area contributed by atoms with Crippen LogP contribution in [-0.4, -0.2) is 42.3 Å². The minimum Gasteiger partial charge on any atom is -0.481 e. The van der Waals surface area contributed by atoms with Crippen LogP contribution in [0.15, 0.2) is 24.3 Å². The molecule has 0 bridgehead atoms. The van der Waals surface area contributed by atoms with Gasteiger partial charge in [-0.2, -0.15) is 0 Å². The molecule has 1 rings (SSSR count). The molecule has 1 aromatic carbocycles. The first-order valence-corrected chi connectivity index (χ1v) is 6.90. The highest BCUT2D eigenvalue weighted by Gasteiger charge is 2.24. The molecule has 1 unspecified atom stereocenters. The van der Waals surface area contributed by atoms with Crippen molar-refractivity contribution in [3.63, 3.8) is 0 Å². The highest BCUT2D eigenvalue weighted by molar-refractivity contribution is 6.30. The van der Waals surface area contributed by atoms with Gasteiger partial charge in [-0.15, -0.1) is 11.6 Å². The maximum Gasteiger partial charge on any atom is 0.263 e. The van der Waals surface area contributed by atoms with Crippen molar-refractivity contribution in [1.29, 1.82) is 0 Å². The summed E-state index contributed by atoms with van der Waals surface area (Å²) in [6.45, 7) is 0.888. The van der Waals surface area contributed by atoms with E-state index in [9.17, 15) is 13.6 Å². The number of hydrogen-bond donors (Lipinski definition) is 0. The van der Waals surface area contributed by atoms with Crippen molar-refractivity contribution in [3.05, 3.63) is 29.3 Å². The summed E-state index contributed by atoms with van der Waals surface area (Å²) in [4.78, 5) is 13.0. The van der Waals surface area contributed by atoms with Crippen LogP contribution in [0, 0.1) is 0 Å². The lowest BCUT2D eigenvalue weighted by atomic mass is 10.3. The molecule has 20 heavy (non-hydrogen) atoms. The van der Waals surface area contributed by atoms with Crippen LogP contribution < -0.4 is 4.74 Å². The van der Waals surface area contributed by atoms with E-state index in [1.807, 2.05) is 0 Å². The summed E-state index contributed by atoms with van der Waals surface area (Å²) in [5.74, 6) is -0.0466. The first-order chi connectivity index (χ1) is 9.43. The van der Waals surface area contributed by atoms with Gasteiger partial charge in [-0.25, -0.2) is 8.78 Å². The van der Waals surface area contributed by atoms with Crippen molar-refractivity contribution in [2.75, 3.05) is 19.0 Å². The van der Waals surface area contributed by atoms with Crippen LogP contribution in [0.25, 0.3) is 0 Å². The quantitative estimate of drug-likeness (QED) is 0.719. The topological polar surface area (TPSA) is 29.5 Å². The van der Waals surface area contributed by atoms with Gasteiger partial charge < -0.3 is 9.64 Å². The van der Waals surface area contributed by atoms with Crippen molar-refractivity contribution in [2.45, 2.75) is 19.5 Å². The summed E-state index contributed by atoms with van der Waals surface area (Å²) < 4.78 is 30.2. The highest BCUT2D eigenvalue weighted by atomic mass is 35.5. The van der Waals surface area contributed by atoms with Gasteiger partial charge in [0.15, 0.2) is 6.10 Å². The van der Waals surface area contributed by atoms with Gasteiger partial charge in [0.05, 0.1) is 6.54 Å². The van der Waals surface area contributed by atoms with E-state index in [2.05, 4.69) is 0 Å². The number of nitrogens with zero attached hydrogens (tertiary/aromatic N) is 1. The second-order valence-corrected chi connectivity index (χ2v) is 4.90. The minimum absolute atomic E-state index is 0.0496. The van der Waals surface area contributed by atoms with Gasteiger partial charge in [0.2, 0.25) is 0 Å². The summed E-state index contributed by atoms with van der Waals surface area (Å²) >= 11 is 11.3. The Morgan fingerprint density at radius 1 is 1.45 bits per heavy atom. The summed E-state index contributed by atoms with van der Waals surface area (Å²) in [6, 6.07) is 6.51. The van der Waals surface area contributed by atoms with Gasteiger partial charge in [0, 0.05) is 17.4 Å². The third kappa shape index (κ3) is 5.51. The zero-order valence-corrected chi connectivity index (χ0v) is 12.4. The SMILES string of the molecule is CC(Oc1cccc(Cl)c1)C(=O)N(CCCl)CC(F)F. The van der Waals surface area contributed by atoms with E-state index >= 15 is 0 Å². The van der Waals surface area contributed by atoms with Crippen molar-refractivity contribution < 1.29 is 18.3 Å². The molecule has 0 fully saturated rings. The number of carbonyl (C=O) groups excluding carboxylic acids is 1. The van der Waals surface area contributed by atoms with Gasteiger partial charge in [0.25, 0.3) is 12.3 Å². The van der Waals surface area contributed by atoms with E-state index in [-0.39, 0.29) is 12.4 Å². The van der Waals surface area contributed by atoms with E-state index in [0.29, 0.717) is 10.8 Å². The fraction of sp³-hybridized carbons (Fsp3) is 0.462. The molecular weight excluding hydrogens is 311 g/mol. The first-order valence-electron chi connectivity index (χ1n) is 5.99. The van der Waals surface area contributed by atoms with Gasteiger partial charge in [-0.05, 0) is 25.1 Å². The second-order valence-electron chi connectivity index (χ2n) is 4.08. The van der Waals surface area contributed by atoms with Gasteiger partial charge in [-0.3, -0.25) is 4.79 Å². The summed E-state index contributed by atoms with van der Waals surface area (Å²) in [6.07, 6.45) is -3.50. The number of amides is 1. The van der Waals surface area contributed by atoms with Gasteiger partial charge >= 0.3 is 0 Å². The molecule has 7 heteroatoms. The molecule has 0 heterocycles. The second kappa shape index (κ2) is 8.27. The van der Waals surface area contributed by atoms with E-state index in [0.717, 1.165) is 4.90 Å². The standard InChI is InChI=1S/C13H15Cl2F2NO2/c1-9(20-11-4-2-3-10(15)7-11)13(19)18(6-5-14)8-12(16)17/h2-4,7,9,12H,5-6,8H2,1H3. The molecule has 0 spiro atoms. The number of rotatable bonds is 7. The van der Waals surface area contributed by atoms with Crippen LogP contribution in [0.3, 0.4) is 0 Å². The molecule has 0 aromatic heterocycles. The Morgan fingerprint density at radius 3 is 2.70 bits per heavy atom. The van der Waals surface area contributed by atoms with Crippen molar-refractivity contribution in [3.8, 4) is 5.75 Å². The maximum atomic E-state index is 12.4. The molecule has 1 aromatic rings. The molecule has 0 aliphatic carbocycles. The molecule has 0 radical (unpaired) electrons. The molecule has 112 valence electrons. The molecule has 0 saturated heterocycles. The van der Waals surface area contributed by atoms with E-state index in [1.54, 1.807) is 24.3 Å². The fourth-order valence-corrected chi connectivity index (χ4v) is 2.00. The van der Waals surface area contributed by atoms with Gasteiger partial charge in [-0.1, -0.05) is 17.7 Å². The van der Waals surface area contributed by atoms with E-state index in [1.165, 1.54) is 6.92 Å². The highest BCUT2D eigenvalue weighted by Crippen LogP contribution is 2.19. The molecule has 0 aliphatic heterocycles. The zero-order valence-electron chi connectivity index (χ0n) is 10.9. The predicted molar refractivity (Wildman–Crippen MR) is 74.8 cm³/mol. The molecule has 0 aliphatic rings. The lowest BCUT2D eigenvalue weighted by molar-refractivity contribution is -0.139. The largest absolute Gasteiger partial charge is 0.481 e. The third-order valence-electron chi connectivity index (χ3n) is 2.48. The number of halogens is 4. The number of hydrogen-bond acceptors (Lipinski definition) is 2. The molecular formula is C13H15Cl2F2NO2. The molecule has 1 amide bonds. The monoisotopic (exact) mass is 325 g/mol. The average Bonchev–Trinajstić information content (AvgIpc) is 2.36. The minimum atomic E-state index is -2.61. The van der Waals surface area contributed by atoms with Crippen LogP contribution in [0.2, 0.25) is 5.02 Å². The van der Waals surface area contributed by atoms with E-state index < -0.39 is 25.0 Å². The lowest BCUT2D eigenvalue weighted by Gasteiger charge is -2.25. The molecule has 0 saturated carbocycles. The normalized spacial score (nSPS) is 12.3. The number of ether oxygens (including phenoxy) is 1. The first kappa shape index (κ1) is 17.0. The number of carbonyl (C=O) groups is 1. The lowest BCUT2D eigenvalue weighted by Crippen LogP contribution is -2.43. The Labute approximate surface area is 126 Å². The van der Waals surface area contributed by atoms with Crippen molar-refractivity contribution >= 4 is 29.1 Å². The molecule has 1 atom stereocenters. The van der Waals surface area contributed by atoms with Gasteiger partial charge in [0.1, 0.15) is 5.75 Å². The fourth-order valence-electron chi connectivity index (χ4n) is 1.61. The van der Waals surface area contributed by atoms with Crippen LogP contribution in [0.5, 0.6) is 5.75 Å². The Kier molecular flexibility index (Phi) is 7.02. The van der Waals surface area contributed by atoms with Crippen LogP contribution in [0.4, 0.5) is 8.78 Å². The smallest absolute Gasteiger partial charge is 0.263 e. The average molecular weight is 326 g/mol. The zero-order chi connectivity index (χ0) is 15.1. The molecule has 0 N–H and O–H groups in total. The maximum absolute atomic E-state index is 12.4. The van der Waals surface area contributed by atoms with Crippen molar-refractivity contribution in [2.24, 2.45) is 0 Å². The Balaban J connectivity index is 2.68.